The molecule has 0 aromatic rings. The van der Waals surface area contributed by atoms with Crippen molar-refractivity contribution < 1.29 is 32.9 Å². The molecular formula is C12H36O6Si6. The standard InChI is InChI=1S/C12H36O6Si6/c1-19(2)13-20(3,4)15-22(7,8)17-24(11,12)18-23(9,10)16-21(5,6)14-19/h1-12H3/i1D3,2D3. The van der Waals surface area contributed by atoms with E-state index in [1.807, 2.05) is 39.3 Å². The van der Waals surface area contributed by atoms with Crippen LogP contribution >= 0.6 is 0 Å². The van der Waals surface area contributed by atoms with Crippen LogP contribution in [0.15, 0.2) is 0 Å². The van der Waals surface area contributed by atoms with Crippen molar-refractivity contribution in [2.75, 3.05) is 0 Å². The van der Waals surface area contributed by atoms with Crippen LogP contribution in [0.1, 0.15) is 8.22 Å². The van der Waals surface area contributed by atoms with Crippen LogP contribution in [0.5, 0.6) is 0 Å². The zero-order valence-electron chi connectivity index (χ0n) is 22.4. The van der Waals surface area contributed by atoms with Gasteiger partial charge in [-0.3, -0.25) is 0 Å². The predicted octanol–water partition coefficient (Wildman–Crippen LogP) is 4.31. The van der Waals surface area contributed by atoms with Gasteiger partial charge >= 0.3 is 51.4 Å². The molecule has 0 unspecified atom stereocenters. The van der Waals surface area contributed by atoms with Gasteiger partial charge in [0.1, 0.15) is 0 Å². The fraction of sp³-hybridized carbons (Fsp3) is 1.00. The molecule has 0 spiro atoms. The van der Waals surface area contributed by atoms with E-state index >= 15 is 0 Å². The monoisotopic (exact) mass is 450 g/mol. The molecule has 1 fully saturated rings. The van der Waals surface area contributed by atoms with Crippen molar-refractivity contribution in [1.29, 1.82) is 0 Å². The SMILES string of the molecule is [2H]C([2H])([2H])[Si]1(C([2H])([2H])[2H])O[Si](C)(C)O[Si](C)(C)O[Si](C)(C)O[Si](C)(C)O[Si](C)(C)O1. The first kappa shape index (κ1) is 15.0. The molecule has 12 heteroatoms. The van der Waals surface area contributed by atoms with Gasteiger partial charge in [0.2, 0.25) is 0 Å². The van der Waals surface area contributed by atoms with Crippen molar-refractivity contribution in [3.05, 3.63) is 0 Å². The lowest BCUT2D eigenvalue weighted by Gasteiger charge is -2.46. The predicted molar refractivity (Wildman–Crippen MR) is 111 cm³/mol. The summed E-state index contributed by atoms with van der Waals surface area (Å²) in [5, 5.41) is 0. The molecule has 1 rings (SSSR count). The van der Waals surface area contributed by atoms with Gasteiger partial charge in [-0.25, -0.2) is 0 Å². The van der Waals surface area contributed by atoms with Crippen LogP contribution in [0, 0.1) is 0 Å². The molecule has 0 bridgehead atoms. The Morgan fingerprint density at radius 3 is 0.708 bits per heavy atom. The van der Waals surface area contributed by atoms with Crippen molar-refractivity contribution >= 4 is 51.4 Å². The number of hydrogen-bond donors (Lipinski definition) is 0. The maximum absolute atomic E-state index is 8.12. The fourth-order valence-corrected chi connectivity index (χ4v) is 30.9. The second kappa shape index (κ2) is 6.90. The maximum atomic E-state index is 8.12. The minimum atomic E-state index is -4.88. The van der Waals surface area contributed by atoms with E-state index < -0.39 is 64.3 Å². The Labute approximate surface area is 163 Å². The molecule has 0 aromatic carbocycles. The van der Waals surface area contributed by atoms with Crippen LogP contribution < -0.4 is 0 Å². The second-order valence-corrected chi connectivity index (χ2v) is 28.4. The van der Waals surface area contributed by atoms with Crippen molar-refractivity contribution in [1.82, 2.24) is 0 Å². The third-order valence-corrected chi connectivity index (χ3v) is 24.7. The lowest BCUT2D eigenvalue weighted by atomic mass is 11.9. The van der Waals surface area contributed by atoms with Gasteiger partial charge in [-0.15, -0.1) is 0 Å². The number of hydrogen-bond acceptors (Lipinski definition) is 6. The van der Waals surface area contributed by atoms with Crippen LogP contribution in [0.25, 0.3) is 0 Å². The van der Waals surface area contributed by atoms with Crippen LogP contribution in [-0.4, -0.2) is 51.4 Å². The summed E-state index contributed by atoms with van der Waals surface area (Å²) < 4.78 is 86.0. The molecule has 24 heavy (non-hydrogen) atoms. The summed E-state index contributed by atoms with van der Waals surface area (Å²) in [6, 6.07) is 0. The third kappa shape index (κ3) is 8.17. The van der Waals surface area contributed by atoms with E-state index in [2.05, 4.69) is 0 Å². The van der Waals surface area contributed by atoms with Gasteiger partial charge in [-0.1, -0.05) is 0 Å². The molecule has 144 valence electrons. The normalized spacial score (nSPS) is 36.2. The Balaban J connectivity index is 3.71. The molecule has 1 aliphatic heterocycles. The molecule has 6 nitrogen and oxygen atoms in total. The summed E-state index contributed by atoms with van der Waals surface area (Å²) in [5.74, 6) is 0. The zero-order valence-corrected chi connectivity index (χ0v) is 22.4. The summed E-state index contributed by atoms with van der Waals surface area (Å²) in [7, 11) is -19.9. The van der Waals surface area contributed by atoms with Crippen molar-refractivity contribution in [2.24, 2.45) is 0 Å². The van der Waals surface area contributed by atoms with Crippen LogP contribution in [0.2, 0.25) is 78.4 Å². The van der Waals surface area contributed by atoms with E-state index in [0.717, 1.165) is 0 Å². The summed E-state index contributed by atoms with van der Waals surface area (Å²) >= 11 is 0. The average molecular weight is 451 g/mol. The first-order valence-corrected chi connectivity index (χ1v) is 23.8. The second-order valence-electron chi connectivity index (χ2n) is 8.23. The van der Waals surface area contributed by atoms with Crippen LogP contribution in [0.3, 0.4) is 0 Å². The van der Waals surface area contributed by atoms with Gasteiger partial charge < -0.3 is 24.7 Å². The van der Waals surface area contributed by atoms with E-state index in [9.17, 15) is 0 Å². The Morgan fingerprint density at radius 1 is 0.375 bits per heavy atom. The molecule has 0 radical (unpaired) electrons. The minimum Gasteiger partial charge on any atom is -0.416 e. The highest BCUT2D eigenvalue weighted by atomic mass is 28.5. The largest absolute Gasteiger partial charge is 0.416 e. The molecule has 0 amide bonds. The van der Waals surface area contributed by atoms with Gasteiger partial charge in [0.05, 0.1) is 0 Å². The first-order valence-electron chi connectivity index (χ1n) is 10.9. The molecular weight excluding hydrogens is 409 g/mol. The van der Waals surface area contributed by atoms with Gasteiger partial charge in [-0.2, -0.15) is 0 Å². The van der Waals surface area contributed by atoms with Crippen LogP contribution in [-0.2, 0) is 24.7 Å². The molecule has 1 aliphatic rings. The highest BCUT2D eigenvalue weighted by Crippen LogP contribution is 2.30. The molecule has 0 aromatic heterocycles. The van der Waals surface area contributed by atoms with E-state index in [1.165, 1.54) is 0 Å². The van der Waals surface area contributed by atoms with E-state index in [0.29, 0.717) is 0 Å². The van der Waals surface area contributed by atoms with E-state index in [1.54, 1.807) is 26.2 Å². The lowest BCUT2D eigenvalue weighted by molar-refractivity contribution is 0.240. The summed E-state index contributed by atoms with van der Waals surface area (Å²) in [4.78, 5) is 0. The summed E-state index contributed by atoms with van der Waals surface area (Å²) in [6.07, 6.45) is 0. The highest BCUT2D eigenvalue weighted by molar-refractivity contribution is 6.93. The first-order chi connectivity index (χ1) is 12.7. The molecule has 1 heterocycles. The Kier molecular flexibility index (Phi) is 4.32. The minimum absolute atomic E-state index is 1.63. The van der Waals surface area contributed by atoms with Gasteiger partial charge in [-0.05, 0) is 78.4 Å². The van der Waals surface area contributed by atoms with Crippen molar-refractivity contribution in [3.8, 4) is 0 Å². The summed E-state index contributed by atoms with van der Waals surface area (Å²) in [6.45, 7) is 11.6. The van der Waals surface area contributed by atoms with Crippen molar-refractivity contribution in [2.45, 2.75) is 78.4 Å². The topological polar surface area (TPSA) is 55.4 Å². The maximum Gasteiger partial charge on any atom is 0.314 e. The smallest absolute Gasteiger partial charge is 0.314 e. The Hall–Kier alpha value is 1.06. The van der Waals surface area contributed by atoms with Crippen LogP contribution in [0.4, 0.5) is 0 Å². The molecule has 0 atom stereocenters. The van der Waals surface area contributed by atoms with Gasteiger partial charge in [0.25, 0.3) is 0 Å². The Morgan fingerprint density at radius 2 is 0.542 bits per heavy atom. The summed E-state index contributed by atoms with van der Waals surface area (Å²) in [5.41, 5.74) is 0. The van der Waals surface area contributed by atoms with Gasteiger partial charge in [0, 0.05) is 8.22 Å². The quantitative estimate of drug-likeness (QED) is 0.512. The third-order valence-electron chi connectivity index (χ3n) is 2.75. The molecule has 0 saturated carbocycles. The highest BCUT2D eigenvalue weighted by Gasteiger charge is 2.51. The van der Waals surface area contributed by atoms with Gasteiger partial charge in [0.15, 0.2) is 0 Å². The molecule has 0 N–H and O–H groups in total. The fourth-order valence-electron chi connectivity index (χ4n) is 3.18. The molecule has 1 saturated heterocycles. The zero-order chi connectivity index (χ0) is 24.2. The van der Waals surface area contributed by atoms with E-state index in [4.69, 9.17) is 32.9 Å². The number of rotatable bonds is 0. The average Bonchev–Trinajstić information content (AvgIpc) is 2.25. The van der Waals surface area contributed by atoms with E-state index in [-0.39, 0.29) is 0 Å². The lowest BCUT2D eigenvalue weighted by Crippen LogP contribution is -2.64. The van der Waals surface area contributed by atoms with Crippen molar-refractivity contribution in [3.63, 3.8) is 0 Å². The Bertz CT molecular complexity index is 586. The molecule has 0 aliphatic carbocycles.